The molecule has 0 aromatic carbocycles. The molecule has 3 aromatic rings. The highest BCUT2D eigenvalue weighted by molar-refractivity contribution is 7.14. The van der Waals surface area contributed by atoms with Crippen molar-refractivity contribution in [1.82, 2.24) is 19.9 Å². The Labute approximate surface area is 129 Å². The topological polar surface area (TPSA) is 76.4 Å². The molecule has 0 bridgehead atoms. The van der Waals surface area contributed by atoms with Gasteiger partial charge >= 0.3 is 0 Å². The number of pyridine rings is 1. The van der Waals surface area contributed by atoms with E-state index >= 15 is 0 Å². The number of nitrogens with zero attached hydrogens (tertiary/aromatic N) is 3. The maximum atomic E-state index is 12.2. The molecule has 6 nitrogen and oxygen atoms in total. The van der Waals surface area contributed by atoms with Crippen molar-refractivity contribution in [2.75, 3.05) is 0 Å². The van der Waals surface area contributed by atoms with Gasteiger partial charge in [0.2, 0.25) is 0 Å². The largest absolute Gasteiger partial charge is 0.344 e. The highest BCUT2D eigenvalue weighted by Gasteiger charge is 2.24. The van der Waals surface area contributed by atoms with Gasteiger partial charge in [-0.1, -0.05) is 6.07 Å². The first-order valence-corrected chi connectivity index (χ1v) is 7.77. The molecule has 0 radical (unpaired) electrons. The van der Waals surface area contributed by atoms with Crippen LogP contribution < -0.4 is 5.32 Å². The number of hydrogen-bond acceptors (Lipinski definition) is 5. The zero-order chi connectivity index (χ0) is 15.1. The predicted octanol–water partition coefficient (Wildman–Crippen LogP) is 1.85. The molecular weight excluding hydrogens is 300 g/mol. The van der Waals surface area contributed by atoms with Crippen molar-refractivity contribution < 1.29 is 9.59 Å². The van der Waals surface area contributed by atoms with E-state index in [1.807, 2.05) is 24.4 Å². The molecule has 0 aliphatic heterocycles. The Morgan fingerprint density at radius 2 is 2.27 bits per heavy atom. The summed E-state index contributed by atoms with van der Waals surface area (Å²) in [6, 6.07) is 7.31. The van der Waals surface area contributed by atoms with Crippen LogP contribution in [0, 0.1) is 0 Å². The average Bonchev–Trinajstić information content (AvgIpc) is 3.20. The van der Waals surface area contributed by atoms with E-state index < -0.39 is 0 Å². The summed E-state index contributed by atoms with van der Waals surface area (Å²) in [6.07, 6.45) is 3.12. The lowest BCUT2D eigenvalue weighted by Crippen LogP contribution is -2.22. The van der Waals surface area contributed by atoms with Crippen molar-refractivity contribution in [2.45, 2.75) is 19.4 Å². The number of amides is 1. The van der Waals surface area contributed by atoms with Gasteiger partial charge in [-0.2, -0.15) is 0 Å². The van der Waals surface area contributed by atoms with Crippen molar-refractivity contribution in [3.05, 3.63) is 51.6 Å². The monoisotopic (exact) mass is 312 g/mol. The molecule has 0 fully saturated rings. The van der Waals surface area contributed by atoms with Crippen molar-refractivity contribution in [2.24, 2.45) is 0 Å². The number of fused-ring (bicyclic) bond motifs is 2. The van der Waals surface area contributed by atoms with Crippen LogP contribution in [0.3, 0.4) is 0 Å². The molecular formula is C15H12N4O2S. The number of rotatable bonds is 3. The average molecular weight is 312 g/mol. The summed E-state index contributed by atoms with van der Waals surface area (Å²) in [5, 5.41) is 7.08. The molecule has 22 heavy (non-hydrogen) atoms. The van der Waals surface area contributed by atoms with Gasteiger partial charge in [0.1, 0.15) is 0 Å². The number of ketones is 1. The van der Waals surface area contributed by atoms with E-state index in [4.69, 9.17) is 0 Å². The van der Waals surface area contributed by atoms with Crippen LogP contribution >= 0.6 is 11.3 Å². The van der Waals surface area contributed by atoms with E-state index in [1.165, 1.54) is 11.3 Å². The number of aryl methyl sites for hydroxylation is 1. The molecule has 1 aliphatic rings. The van der Waals surface area contributed by atoms with Gasteiger partial charge < -0.3 is 5.32 Å². The van der Waals surface area contributed by atoms with E-state index in [-0.39, 0.29) is 18.2 Å². The van der Waals surface area contributed by atoms with Gasteiger partial charge in [-0.15, -0.1) is 16.4 Å². The second-order valence-corrected chi connectivity index (χ2v) is 6.22. The van der Waals surface area contributed by atoms with Crippen LogP contribution in [0.2, 0.25) is 0 Å². The third-order valence-electron chi connectivity index (χ3n) is 3.60. The highest BCUT2D eigenvalue weighted by atomic mass is 32.1. The van der Waals surface area contributed by atoms with Gasteiger partial charge in [0.05, 0.1) is 11.4 Å². The first-order chi connectivity index (χ1) is 10.7. The van der Waals surface area contributed by atoms with Crippen LogP contribution in [0.5, 0.6) is 0 Å². The van der Waals surface area contributed by atoms with E-state index in [9.17, 15) is 9.59 Å². The number of carbonyl (C=O) groups is 2. The van der Waals surface area contributed by atoms with Crippen molar-refractivity contribution >= 4 is 28.7 Å². The number of carbonyl (C=O) groups excluding carboxylic acids is 2. The molecule has 4 rings (SSSR count). The maximum Gasteiger partial charge on any atom is 0.261 e. The van der Waals surface area contributed by atoms with Crippen molar-refractivity contribution in [1.29, 1.82) is 0 Å². The maximum absolute atomic E-state index is 12.2. The van der Waals surface area contributed by atoms with Crippen LogP contribution in [0.25, 0.3) is 5.65 Å². The van der Waals surface area contributed by atoms with Crippen LogP contribution in [0.4, 0.5) is 0 Å². The van der Waals surface area contributed by atoms with Crippen molar-refractivity contribution in [3.63, 3.8) is 0 Å². The quantitative estimate of drug-likeness (QED) is 0.801. The second-order valence-electron chi connectivity index (χ2n) is 5.08. The first kappa shape index (κ1) is 13.1. The molecule has 110 valence electrons. The molecule has 0 spiro atoms. The minimum absolute atomic E-state index is 0.132. The number of thiophene rings is 1. The summed E-state index contributed by atoms with van der Waals surface area (Å²) >= 11 is 1.40. The van der Waals surface area contributed by atoms with E-state index in [0.717, 1.165) is 16.9 Å². The lowest BCUT2D eigenvalue weighted by molar-refractivity contribution is 0.0954. The first-order valence-electron chi connectivity index (χ1n) is 6.95. The Bertz CT molecular complexity index is 863. The lowest BCUT2D eigenvalue weighted by atomic mass is 10.2. The second kappa shape index (κ2) is 5.03. The van der Waals surface area contributed by atoms with Crippen LogP contribution in [-0.4, -0.2) is 26.3 Å². The molecule has 1 N–H and O–H groups in total. The summed E-state index contributed by atoms with van der Waals surface area (Å²) in [7, 11) is 0. The Hall–Kier alpha value is -2.54. The van der Waals surface area contributed by atoms with Gasteiger partial charge in [0, 0.05) is 23.1 Å². The molecule has 7 heteroatoms. The zero-order valence-electron chi connectivity index (χ0n) is 11.6. The van der Waals surface area contributed by atoms with E-state index in [0.29, 0.717) is 22.7 Å². The van der Waals surface area contributed by atoms with Gasteiger partial charge in [0.25, 0.3) is 5.91 Å². The summed E-state index contributed by atoms with van der Waals surface area (Å²) < 4.78 is 1.67. The number of Topliss-reactive ketones (excluding diaryl/α,β-unsaturated/α-hetero) is 1. The van der Waals surface area contributed by atoms with E-state index in [2.05, 4.69) is 15.4 Å². The fourth-order valence-electron chi connectivity index (χ4n) is 2.52. The SMILES string of the molecule is O=C(NCc1nc2ccccn2n1)c1cc2c(s1)CCC2=O. The zero-order valence-corrected chi connectivity index (χ0v) is 12.4. The molecule has 1 aliphatic carbocycles. The van der Waals surface area contributed by atoms with E-state index in [1.54, 1.807) is 10.6 Å². The molecule has 1 amide bonds. The van der Waals surface area contributed by atoms with Crippen molar-refractivity contribution in [3.8, 4) is 0 Å². The highest BCUT2D eigenvalue weighted by Crippen LogP contribution is 2.30. The minimum atomic E-state index is -0.189. The summed E-state index contributed by atoms with van der Waals surface area (Å²) in [4.78, 5) is 29.7. The minimum Gasteiger partial charge on any atom is -0.344 e. The Morgan fingerprint density at radius 3 is 3.09 bits per heavy atom. The lowest BCUT2D eigenvalue weighted by Gasteiger charge is -1.99. The van der Waals surface area contributed by atoms with Gasteiger partial charge in [-0.05, 0) is 24.6 Å². The third kappa shape index (κ3) is 2.19. The smallest absolute Gasteiger partial charge is 0.261 e. The third-order valence-corrected chi connectivity index (χ3v) is 4.80. The molecule has 0 atom stereocenters. The molecule has 3 aromatic heterocycles. The molecule has 0 saturated heterocycles. The van der Waals surface area contributed by atoms with Gasteiger partial charge in [-0.25, -0.2) is 9.50 Å². The van der Waals surface area contributed by atoms with Crippen LogP contribution in [0.1, 0.15) is 37.2 Å². The number of nitrogens with one attached hydrogen (secondary N) is 1. The van der Waals surface area contributed by atoms with Gasteiger partial charge in [-0.3, -0.25) is 9.59 Å². The Morgan fingerprint density at radius 1 is 1.36 bits per heavy atom. The Kier molecular flexibility index (Phi) is 3.00. The van der Waals surface area contributed by atoms with Gasteiger partial charge in [0.15, 0.2) is 17.3 Å². The Balaban J connectivity index is 1.48. The standard InChI is InChI=1S/C15H12N4O2S/c20-10-4-5-11-9(10)7-12(22-11)15(21)16-8-13-17-14-3-1-2-6-19(14)18-13/h1-3,6-7H,4-5,8H2,(H,16,21). The summed E-state index contributed by atoms with van der Waals surface area (Å²) in [6.45, 7) is 0.261. The summed E-state index contributed by atoms with van der Waals surface area (Å²) in [5.41, 5.74) is 1.45. The molecule has 3 heterocycles. The van der Waals surface area contributed by atoms with Crippen LogP contribution in [0.15, 0.2) is 30.5 Å². The predicted molar refractivity (Wildman–Crippen MR) is 81.1 cm³/mol. The summed E-state index contributed by atoms with van der Waals surface area (Å²) in [5.74, 6) is 0.498. The number of aromatic nitrogens is 3. The van der Waals surface area contributed by atoms with Crippen LogP contribution in [-0.2, 0) is 13.0 Å². The fourth-order valence-corrected chi connectivity index (χ4v) is 3.62. The normalized spacial score (nSPS) is 13.5. The molecule has 0 unspecified atom stereocenters. The molecule has 0 saturated carbocycles. The fraction of sp³-hybridized carbons (Fsp3) is 0.200. The number of hydrogen-bond donors (Lipinski definition) is 1.